The van der Waals surface area contributed by atoms with E-state index in [9.17, 15) is 0 Å². The fourth-order valence-electron chi connectivity index (χ4n) is 2.78. The van der Waals surface area contributed by atoms with E-state index in [4.69, 9.17) is 16.1 Å². The lowest BCUT2D eigenvalue weighted by molar-refractivity contribution is 0.420. The number of nitrogens with zero attached hydrogens (tertiary/aromatic N) is 4. The maximum Gasteiger partial charge on any atom is 0.257 e. The van der Waals surface area contributed by atoms with E-state index in [-0.39, 0.29) is 0 Å². The molecule has 0 saturated heterocycles. The van der Waals surface area contributed by atoms with Crippen LogP contribution >= 0.6 is 11.6 Å². The van der Waals surface area contributed by atoms with Crippen molar-refractivity contribution in [3.63, 3.8) is 0 Å². The van der Waals surface area contributed by atoms with Crippen LogP contribution in [-0.2, 0) is 13.0 Å². The van der Waals surface area contributed by atoms with Crippen LogP contribution in [0, 0.1) is 13.8 Å². The highest BCUT2D eigenvalue weighted by Gasteiger charge is 2.10. The van der Waals surface area contributed by atoms with Crippen LogP contribution < -0.4 is 0 Å². The van der Waals surface area contributed by atoms with Crippen LogP contribution in [0.1, 0.15) is 17.0 Å². The van der Waals surface area contributed by atoms with Crippen LogP contribution in [0.2, 0.25) is 5.02 Å². The standard InChI is InChI=1S/C19H17ClN4O/c1-12-9-16-17(10-13(12)2)24(11-21-16)8-7-18-22-19(25-23-18)14-3-5-15(20)6-4-14/h3-6,9-11H,7-8H2,1-2H3. The van der Waals surface area contributed by atoms with E-state index in [1.807, 2.05) is 30.6 Å². The Morgan fingerprint density at radius 2 is 1.84 bits per heavy atom. The van der Waals surface area contributed by atoms with Gasteiger partial charge in [0.05, 0.1) is 17.4 Å². The maximum atomic E-state index is 5.90. The SMILES string of the molecule is Cc1cc2ncn(CCc3noc(-c4ccc(Cl)cc4)n3)c2cc1C. The molecule has 126 valence electrons. The molecule has 0 saturated carbocycles. The number of benzene rings is 2. The summed E-state index contributed by atoms with van der Waals surface area (Å²) in [6.07, 6.45) is 2.54. The average molecular weight is 353 g/mol. The fraction of sp³-hybridized carbons (Fsp3) is 0.211. The zero-order valence-electron chi connectivity index (χ0n) is 14.0. The summed E-state index contributed by atoms with van der Waals surface area (Å²) >= 11 is 5.90. The molecular formula is C19H17ClN4O. The number of aromatic nitrogens is 4. The molecule has 4 aromatic rings. The number of hydrogen-bond donors (Lipinski definition) is 0. The van der Waals surface area contributed by atoms with Crippen molar-refractivity contribution in [2.24, 2.45) is 0 Å². The molecule has 2 heterocycles. The van der Waals surface area contributed by atoms with Crippen LogP contribution in [-0.4, -0.2) is 19.7 Å². The van der Waals surface area contributed by atoms with Gasteiger partial charge in [0.15, 0.2) is 5.82 Å². The molecule has 0 spiro atoms. The van der Waals surface area contributed by atoms with Crippen molar-refractivity contribution in [2.45, 2.75) is 26.8 Å². The van der Waals surface area contributed by atoms with E-state index < -0.39 is 0 Å². The molecule has 4 rings (SSSR count). The summed E-state index contributed by atoms with van der Waals surface area (Å²) in [4.78, 5) is 8.95. The third-order valence-electron chi connectivity index (χ3n) is 4.37. The highest BCUT2D eigenvalue weighted by atomic mass is 35.5. The molecule has 0 aliphatic rings. The lowest BCUT2D eigenvalue weighted by Crippen LogP contribution is -2.01. The second-order valence-electron chi connectivity index (χ2n) is 6.14. The summed E-state index contributed by atoms with van der Waals surface area (Å²) in [5.74, 6) is 1.18. The lowest BCUT2D eigenvalue weighted by atomic mass is 10.1. The summed E-state index contributed by atoms with van der Waals surface area (Å²) in [6.45, 7) is 4.97. The normalized spacial score (nSPS) is 11.3. The fourth-order valence-corrected chi connectivity index (χ4v) is 2.90. The number of hydrogen-bond acceptors (Lipinski definition) is 4. The molecule has 2 aromatic carbocycles. The second-order valence-corrected chi connectivity index (χ2v) is 6.57. The Labute approximate surface area is 150 Å². The van der Waals surface area contributed by atoms with Gasteiger partial charge in [0, 0.05) is 23.6 Å². The van der Waals surface area contributed by atoms with Crippen molar-refractivity contribution in [1.29, 1.82) is 0 Å². The molecule has 0 fully saturated rings. The van der Waals surface area contributed by atoms with Crippen molar-refractivity contribution in [3.8, 4) is 11.5 Å². The Hall–Kier alpha value is -2.66. The molecule has 0 aliphatic heterocycles. The number of aryl methyl sites for hydroxylation is 4. The minimum Gasteiger partial charge on any atom is -0.334 e. The Bertz CT molecular complexity index is 1030. The van der Waals surface area contributed by atoms with Crippen molar-refractivity contribution < 1.29 is 4.52 Å². The van der Waals surface area contributed by atoms with Gasteiger partial charge < -0.3 is 9.09 Å². The minimum absolute atomic E-state index is 0.508. The third-order valence-corrected chi connectivity index (χ3v) is 4.62. The first-order valence-electron chi connectivity index (χ1n) is 8.11. The number of fused-ring (bicyclic) bond motifs is 1. The molecule has 0 aliphatic carbocycles. The second kappa shape index (κ2) is 6.33. The van der Waals surface area contributed by atoms with Gasteiger partial charge in [-0.1, -0.05) is 16.8 Å². The summed E-state index contributed by atoms with van der Waals surface area (Å²) in [7, 11) is 0. The Balaban J connectivity index is 1.52. The predicted octanol–water partition coefficient (Wildman–Crippen LogP) is 4.60. The first-order chi connectivity index (χ1) is 12.1. The highest BCUT2D eigenvalue weighted by molar-refractivity contribution is 6.30. The Morgan fingerprint density at radius 3 is 2.64 bits per heavy atom. The monoisotopic (exact) mass is 352 g/mol. The zero-order chi connectivity index (χ0) is 17.4. The first kappa shape index (κ1) is 15.8. The van der Waals surface area contributed by atoms with Crippen molar-refractivity contribution in [1.82, 2.24) is 19.7 Å². The summed E-state index contributed by atoms with van der Waals surface area (Å²) < 4.78 is 7.48. The van der Waals surface area contributed by atoms with Gasteiger partial charge in [0.25, 0.3) is 5.89 Å². The van der Waals surface area contributed by atoms with E-state index in [1.54, 1.807) is 0 Å². The summed E-state index contributed by atoms with van der Waals surface area (Å²) in [5.41, 5.74) is 5.52. The van der Waals surface area contributed by atoms with Gasteiger partial charge in [0.2, 0.25) is 0 Å². The average Bonchev–Trinajstić information content (AvgIpc) is 3.21. The molecule has 2 aromatic heterocycles. The van der Waals surface area contributed by atoms with Gasteiger partial charge in [-0.15, -0.1) is 0 Å². The molecule has 25 heavy (non-hydrogen) atoms. The smallest absolute Gasteiger partial charge is 0.257 e. The Kier molecular flexibility index (Phi) is 4.01. The molecule has 0 atom stereocenters. The van der Waals surface area contributed by atoms with Crippen LogP contribution in [0.25, 0.3) is 22.5 Å². The van der Waals surface area contributed by atoms with Crippen molar-refractivity contribution in [2.75, 3.05) is 0 Å². The van der Waals surface area contributed by atoms with Crippen LogP contribution in [0.4, 0.5) is 0 Å². The zero-order valence-corrected chi connectivity index (χ0v) is 14.8. The van der Waals surface area contributed by atoms with Crippen LogP contribution in [0.3, 0.4) is 0 Å². The molecule has 0 radical (unpaired) electrons. The maximum absolute atomic E-state index is 5.90. The van der Waals surface area contributed by atoms with Crippen molar-refractivity contribution >= 4 is 22.6 Å². The Morgan fingerprint density at radius 1 is 1.08 bits per heavy atom. The topological polar surface area (TPSA) is 56.7 Å². The number of imidazole rings is 1. The third kappa shape index (κ3) is 3.15. The first-order valence-corrected chi connectivity index (χ1v) is 8.48. The van der Waals surface area contributed by atoms with Gasteiger partial charge in [-0.2, -0.15) is 4.98 Å². The molecule has 0 unspecified atom stereocenters. The number of rotatable bonds is 4. The molecule has 0 N–H and O–H groups in total. The van der Waals surface area contributed by atoms with E-state index in [0.29, 0.717) is 23.2 Å². The van der Waals surface area contributed by atoms with E-state index >= 15 is 0 Å². The molecule has 5 nitrogen and oxygen atoms in total. The van der Waals surface area contributed by atoms with Gasteiger partial charge in [0.1, 0.15) is 0 Å². The van der Waals surface area contributed by atoms with E-state index in [2.05, 4.69) is 45.7 Å². The molecular weight excluding hydrogens is 336 g/mol. The van der Waals surface area contributed by atoms with E-state index in [1.165, 1.54) is 11.1 Å². The summed E-state index contributed by atoms with van der Waals surface area (Å²) in [5, 5.41) is 4.75. The van der Waals surface area contributed by atoms with Crippen LogP contribution in [0.15, 0.2) is 47.2 Å². The molecule has 0 amide bonds. The number of halogens is 1. The van der Waals surface area contributed by atoms with Gasteiger partial charge in [-0.3, -0.25) is 0 Å². The quantitative estimate of drug-likeness (QED) is 0.538. The lowest BCUT2D eigenvalue weighted by Gasteiger charge is -2.04. The largest absolute Gasteiger partial charge is 0.334 e. The molecule has 0 bridgehead atoms. The van der Waals surface area contributed by atoms with E-state index in [0.717, 1.165) is 23.1 Å². The van der Waals surface area contributed by atoms with Gasteiger partial charge in [-0.25, -0.2) is 4.98 Å². The summed E-state index contributed by atoms with van der Waals surface area (Å²) in [6, 6.07) is 11.6. The van der Waals surface area contributed by atoms with Crippen molar-refractivity contribution in [3.05, 3.63) is 64.7 Å². The minimum atomic E-state index is 0.508. The van der Waals surface area contributed by atoms with Crippen LogP contribution in [0.5, 0.6) is 0 Å². The van der Waals surface area contributed by atoms with Gasteiger partial charge >= 0.3 is 0 Å². The highest BCUT2D eigenvalue weighted by Crippen LogP contribution is 2.21. The van der Waals surface area contributed by atoms with Gasteiger partial charge in [-0.05, 0) is 61.4 Å². The molecule has 6 heteroatoms. The predicted molar refractivity (Wildman–Crippen MR) is 97.7 cm³/mol.